The maximum atomic E-state index is 6.23. The van der Waals surface area contributed by atoms with Crippen molar-refractivity contribution in [2.75, 3.05) is 12.8 Å². The summed E-state index contributed by atoms with van der Waals surface area (Å²) >= 11 is 0. The number of hydrogen-bond acceptors (Lipinski definition) is 5. The van der Waals surface area contributed by atoms with Crippen LogP contribution in [0.4, 0.5) is 5.82 Å². The van der Waals surface area contributed by atoms with Crippen molar-refractivity contribution in [1.29, 1.82) is 0 Å². The maximum absolute atomic E-state index is 6.23. The van der Waals surface area contributed by atoms with Gasteiger partial charge in [0.1, 0.15) is 17.6 Å². The Morgan fingerprint density at radius 1 is 1.00 bits per heavy atom. The molecule has 2 aromatic heterocycles. The van der Waals surface area contributed by atoms with Crippen LogP contribution in [0.15, 0.2) is 54.9 Å². The molecule has 0 saturated carbocycles. The lowest BCUT2D eigenvalue weighted by molar-refractivity contribution is 0.378. The van der Waals surface area contributed by atoms with Crippen molar-refractivity contribution >= 4 is 16.9 Å². The van der Waals surface area contributed by atoms with Gasteiger partial charge in [-0.25, -0.2) is 9.97 Å². The zero-order valence-corrected chi connectivity index (χ0v) is 15.6. The van der Waals surface area contributed by atoms with Gasteiger partial charge in [-0.15, -0.1) is 0 Å². The Morgan fingerprint density at radius 3 is 2.68 bits per heavy atom. The van der Waals surface area contributed by atoms with E-state index in [9.17, 15) is 0 Å². The molecule has 6 nitrogen and oxygen atoms in total. The fourth-order valence-electron chi connectivity index (χ4n) is 3.98. The molecule has 6 heteroatoms. The smallest absolute Gasteiger partial charge is 0.169 e. The Balaban J connectivity index is 1.65. The molecule has 0 bridgehead atoms. The topological polar surface area (TPSA) is 75.2 Å². The molecule has 2 heterocycles. The zero-order chi connectivity index (χ0) is 19.1. The molecule has 2 N–H and O–H groups in total. The van der Waals surface area contributed by atoms with E-state index < -0.39 is 0 Å². The molecule has 2 aromatic carbocycles. The molecule has 0 amide bonds. The van der Waals surface area contributed by atoms with Gasteiger partial charge in [0.15, 0.2) is 17.3 Å². The average molecular weight is 372 g/mol. The molecule has 0 saturated heterocycles. The van der Waals surface area contributed by atoms with E-state index >= 15 is 0 Å². The summed E-state index contributed by atoms with van der Waals surface area (Å²) in [6, 6.07) is 15.6. The van der Waals surface area contributed by atoms with Crippen LogP contribution >= 0.6 is 0 Å². The second-order valence-electron chi connectivity index (χ2n) is 6.82. The number of benzene rings is 2. The number of nitrogens with two attached hydrogens (primary N) is 1. The van der Waals surface area contributed by atoms with Crippen LogP contribution in [0.5, 0.6) is 17.2 Å². The van der Waals surface area contributed by atoms with Gasteiger partial charge in [-0.2, -0.15) is 0 Å². The highest BCUT2D eigenvalue weighted by molar-refractivity contribution is 5.91. The minimum absolute atomic E-state index is 0.489. The van der Waals surface area contributed by atoms with Gasteiger partial charge in [-0.3, -0.25) is 0 Å². The third-order valence-electron chi connectivity index (χ3n) is 5.20. The average Bonchev–Trinajstić information content (AvgIpc) is 3.31. The van der Waals surface area contributed by atoms with Crippen molar-refractivity contribution in [3.8, 4) is 22.9 Å². The molecule has 5 rings (SSSR count). The summed E-state index contributed by atoms with van der Waals surface area (Å²) in [6.07, 6.45) is 4.67. The maximum Gasteiger partial charge on any atom is 0.169 e. The number of anilines is 1. The highest BCUT2D eigenvalue weighted by Gasteiger charge is 2.25. The lowest BCUT2D eigenvalue weighted by Gasteiger charge is -2.15. The van der Waals surface area contributed by atoms with Crippen LogP contribution in [-0.4, -0.2) is 21.6 Å². The summed E-state index contributed by atoms with van der Waals surface area (Å²) in [6.45, 7) is 0. The number of nitrogens with zero attached hydrogens (tertiary/aromatic N) is 3. The Bertz CT molecular complexity index is 1170. The highest BCUT2D eigenvalue weighted by atomic mass is 16.5. The van der Waals surface area contributed by atoms with Gasteiger partial charge in [0.05, 0.1) is 12.6 Å². The van der Waals surface area contributed by atoms with E-state index in [0.29, 0.717) is 17.3 Å². The molecule has 1 aliphatic rings. The molecule has 0 radical (unpaired) electrons. The predicted octanol–water partition coefficient (Wildman–Crippen LogP) is 4.29. The molecule has 0 spiro atoms. The third-order valence-corrected chi connectivity index (χ3v) is 5.20. The van der Waals surface area contributed by atoms with Crippen LogP contribution < -0.4 is 15.2 Å². The van der Waals surface area contributed by atoms with Crippen LogP contribution in [0.3, 0.4) is 0 Å². The molecule has 0 aliphatic heterocycles. The lowest BCUT2D eigenvalue weighted by Crippen LogP contribution is -2.03. The van der Waals surface area contributed by atoms with Crippen LogP contribution in [0.1, 0.15) is 17.7 Å². The fourth-order valence-corrected chi connectivity index (χ4v) is 3.98. The molecule has 0 fully saturated rings. The van der Waals surface area contributed by atoms with Crippen molar-refractivity contribution in [2.24, 2.45) is 0 Å². The largest absolute Gasteiger partial charge is 0.493 e. The monoisotopic (exact) mass is 372 g/mol. The van der Waals surface area contributed by atoms with Crippen molar-refractivity contribution in [2.45, 2.75) is 19.3 Å². The minimum Gasteiger partial charge on any atom is -0.493 e. The normalized spacial score (nSPS) is 12.9. The van der Waals surface area contributed by atoms with E-state index in [-0.39, 0.29) is 0 Å². The fraction of sp³-hybridized carbons (Fsp3) is 0.182. The number of aryl methyl sites for hydroxylation is 1. The SMILES string of the molecule is COc1cc(-n2c3c(c4ncnc(N)c42)CCC3)ccc1Oc1ccccc1. The van der Waals surface area contributed by atoms with Gasteiger partial charge in [0.25, 0.3) is 0 Å². The zero-order valence-electron chi connectivity index (χ0n) is 15.6. The van der Waals surface area contributed by atoms with Crippen LogP contribution in [0.25, 0.3) is 16.7 Å². The Labute approximate surface area is 162 Å². The second kappa shape index (κ2) is 6.56. The highest BCUT2D eigenvalue weighted by Crippen LogP contribution is 2.39. The Kier molecular flexibility index (Phi) is 3.90. The van der Waals surface area contributed by atoms with E-state index in [1.165, 1.54) is 17.6 Å². The van der Waals surface area contributed by atoms with E-state index in [0.717, 1.165) is 41.7 Å². The van der Waals surface area contributed by atoms with Gasteiger partial charge in [0.2, 0.25) is 0 Å². The summed E-state index contributed by atoms with van der Waals surface area (Å²) < 4.78 is 13.8. The molecule has 28 heavy (non-hydrogen) atoms. The summed E-state index contributed by atoms with van der Waals surface area (Å²) in [4.78, 5) is 8.72. The third kappa shape index (κ3) is 2.57. The standard InChI is InChI=1S/C22H20N4O2/c1-27-19-12-14(10-11-18(19)28-15-6-3-2-4-7-15)26-17-9-5-8-16(17)20-21(26)22(23)25-13-24-20/h2-4,6-7,10-13H,5,8-9H2,1H3,(H2,23,24,25). The second-order valence-corrected chi connectivity index (χ2v) is 6.82. The van der Waals surface area contributed by atoms with Crippen LogP contribution in [-0.2, 0) is 12.8 Å². The van der Waals surface area contributed by atoms with Gasteiger partial charge in [0, 0.05) is 17.4 Å². The molecular formula is C22H20N4O2. The van der Waals surface area contributed by atoms with Gasteiger partial charge in [-0.05, 0) is 49.1 Å². The molecule has 0 atom stereocenters. The van der Waals surface area contributed by atoms with E-state index in [4.69, 9.17) is 15.2 Å². The number of methoxy groups -OCH3 is 1. The van der Waals surface area contributed by atoms with Crippen molar-refractivity contribution in [1.82, 2.24) is 14.5 Å². The van der Waals surface area contributed by atoms with Crippen molar-refractivity contribution < 1.29 is 9.47 Å². The lowest BCUT2D eigenvalue weighted by atomic mass is 10.2. The summed E-state index contributed by atoms with van der Waals surface area (Å²) in [7, 11) is 1.65. The molecule has 0 unspecified atom stereocenters. The molecule has 140 valence electrons. The minimum atomic E-state index is 0.489. The van der Waals surface area contributed by atoms with Gasteiger partial charge in [-0.1, -0.05) is 18.2 Å². The van der Waals surface area contributed by atoms with E-state index in [1.54, 1.807) is 7.11 Å². The number of fused-ring (bicyclic) bond motifs is 3. The van der Waals surface area contributed by atoms with Gasteiger partial charge < -0.3 is 19.8 Å². The first-order chi connectivity index (χ1) is 13.8. The first-order valence-corrected chi connectivity index (χ1v) is 9.30. The number of para-hydroxylation sites is 1. The van der Waals surface area contributed by atoms with E-state index in [2.05, 4.69) is 14.5 Å². The number of nitrogen functional groups attached to an aromatic ring is 1. The molecular weight excluding hydrogens is 352 g/mol. The number of hydrogen-bond donors (Lipinski definition) is 1. The summed E-state index contributed by atoms with van der Waals surface area (Å²) in [5.41, 5.74) is 11.5. The molecule has 1 aliphatic carbocycles. The summed E-state index contributed by atoms with van der Waals surface area (Å²) in [5.74, 6) is 2.57. The molecule has 4 aromatic rings. The van der Waals surface area contributed by atoms with Crippen molar-refractivity contribution in [3.63, 3.8) is 0 Å². The van der Waals surface area contributed by atoms with E-state index in [1.807, 2.05) is 48.5 Å². The first-order valence-electron chi connectivity index (χ1n) is 9.30. The number of rotatable bonds is 4. The number of aromatic nitrogens is 3. The predicted molar refractivity (Wildman–Crippen MR) is 108 cm³/mol. The Morgan fingerprint density at radius 2 is 1.86 bits per heavy atom. The quantitative estimate of drug-likeness (QED) is 0.578. The van der Waals surface area contributed by atoms with Crippen LogP contribution in [0, 0.1) is 0 Å². The van der Waals surface area contributed by atoms with Gasteiger partial charge >= 0.3 is 0 Å². The van der Waals surface area contributed by atoms with Crippen LogP contribution in [0.2, 0.25) is 0 Å². The van der Waals surface area contributed by atoms with Crippen molar-refractivity contribution in [3.05, 3.63) is 66.1 Å². The Hall–Kier alpha value is -3.54. The first kappa shape index (κ1) is 16.6. The summed E-state index contributed by atoms with van der Waals surface area (Å²) in [5, 5.41) is 0. The number of ether oxygens (including phenoxy) is 2.